The smallest absolute Gasteiger partial charge is 0.252 e. The summed E-state index contributed by atoms with van der Waals surface area (Å²) in [6, 6.07) is 14.3. The molecule has 0 bridgehead atoms. The van der Waals surface area contributed by atoms with E-state index in [2.05, 4.69) is 0 Å². The fraction of sp³-hybridized carbons (Fsp3) is 0.263. The van der Waals surface area contributed by atoms with E-state index in [0.29, 0.717) is 16.3 Å². The van der Waals surface area contributed by atoms with E-state index in [1.165, 1.54) is 0 Å². The standard InChI is InChI=1S/C19H17Cl2NO3/c1-22-17(12-2-6-14(20)7-3-12)18(13-4-8-15(21)9-5-13)25-16(10-11-23)19(22)24/h2-9,11,16-18H,10H2,1H3/t16?,17-,18?/m0/s1. The molecule has 0 radical (unpaired) electrons. The summed E-state index contributed by atoms with van der Waals surface area (Å²) >= 11 is 12.0. The Bertz CT molecular complexity index is 761. The zero-order valence-corrected chi connectivity index (χ0v) is 15.1. The molecule has 6 heteroatoms. The van der Waals surface area contributed by atoms with Gasteiger partial charge in [-0.1, -0.05) is 47.5 Å². The van der Waals surface area contributed by atoms with E-state index in [1.54, 1.807) is 36.2 Å². The number of hydrogen-bond acceptors (Lipinski definition) is 3. The van der Waals surface area contributed by atoms with Crippen molar-refractivity contribution in [3.8, 4) is 0 Å². The van der Waals surface area contributed by atoms with Crippen molar-refractivity contribution in [2.45, 2.75) is 24.7 Å². The molecule has 130 valence electrons. The summed E-state index contributed by atoms with van der Waals surface area (Å²) in [6.45, 7) is 0. The van der Waals surface area contributed by atoms with Crippen molar-refractivity contribution in [2.24, 2.45) is 0 Å². The lowest BCUT2D eigenvalue weighted by Gasteiger charge is -2.42. The van der Waals surface area contributed by atoms with Crippen LogP contribution in [0.1, 0.15) is 29.7 Å². The van der Waals surface area contributed by atoms with Crippen LogP contribution in [0.5, 0.6) is 0 Å². The SMILES string of the molecule is CN1C(=O)C(CC=O)OC(c2ccc(Cl)cc2)[C@@H]1c1ccc(Cl)cc1. The second-order valence-corrected chi connectivity index (χ2v) is 6.82. The molecule has 3 rings (SSSR count). The molecule has 0 aliphatic carbocycles. The molecular formula is C19H17Cl2NO3. The van der Waals surface area contributed by atoms with Crippen molar-refractivity contribution in [3.05, 3.63) is 69.7 Å². The molecule has 2 aromatic rings. The van der Waals surface area contributed by atoms with Crippen LogP contribution in [0.15, 0.2) is 48.5 Å². The van der Waals surface area contributed by atoms with Crippen LogP contribution < -0.4 is 0 Å². The third-order valence-electron chi connectivity index (χ3n) is 4.36. The summed E-state index contributed by atoms with van der Waals surface area (Å²) in [7, 11) is 1.73. The second kappa shape index (κ2) is 7.56. The molecule has 25 heavy (non-hydrogen) atoms. The minimum atomic E-state index is -0.785. The number of carbonyl (C=O) groups excluding carboxylic acids is 2. The lowest BCUT2D eigenvalue weighted by atomic mass is 9.92. The van der Waals surface area contributed by atoms with Crippen LogP contribution in [-0.2, 0) is 14.3 Å². The number of ether oxygens (including phenoxy) is 1. The maximum absolute atomic E-state index is 12.6. The van der Waals surface area contributed by atoms with E-state index in [4.69, 9.17) is 27.9 Å². The molecule has 4 nitrogen and oxygen atoms in total. The monoisotopic (exact) mass is 377 g/mol. The first-order chi connectivity index (χ1) is 12.0. The third kappa shape index (κ3) is 3.71. The van der Waals surface area contributed by atoms with Crippen molar-refractivity contribution in [1.29, 1.82) is 0 Å². The first kappa shape index (κ1) is 17.9. The molecule has 1 aliphatic rings. The van der Waals surface area contributed by atoms with Gasteiger partial charge < -0.3 is 14.4 Å². The number of likely N-dealkylation sites (N-methyl/N-ethyl adjacent to an activating group) is 1. The molecule has 1 aliphatic heterocycles. The Balaban J connectivity index is 2.03. The van der Waals surface area contributed by atoms with Gasteiger partial charge in [0.05, 0.1) is 6.04 Å². The molecule has 0 spiro atoms. The summed E-state index contributed by atoms with van der Waals surface area (Å²) in [4.78, 5) is 25.2. The van der Waals surface area contributed by atoms with Crippen LogP contribution in [0.2, 0.25) is 10.0 Å². The molecule has 1 fully saturated rings. The molecule has 2 unspecified atom stereocenters. The summed E-state index contributed by atoms with van der Waals surface area (Å²) < 4.78 is 6.03. The minimum absolute atomic E-state index is 0.0284. The predicted octanol–water partition coefficient (Wildman–Crippen LogP) is 4.22. The molecular weight excluding hydrogens is 361 g/mol. The number of aldehydes is 1. The van der Waals surface area contributed by atoms with E-state index < -0.39 is 12.2 Å². The highest BCUT2D eigenvalue weighted by Gasteiger charge is 2.42. The van der Waals surface area contributed by atoms with Gasteiger partial charge in [0.25, 0.3) is 5.91 Å². The average Bonchev–Trinajstić information content (AvgIpc) is 2.61. The van der Waals surface area contributed by atoms with Crippen LogP contribution in [0.3, 0.4) is 0 Å². The van der Waals surface area contributed by atoms with Gasteiger partial charge in [0.2, 0.25) is 0 Å². The molecule has 1 saturated heterocycles. The van der Waals surface area contributed by atoms with Crippen LogP contribution in [0.4, 0.5) is 0 Å². The van der Waals surface area contributed by atoms with E-state index in [0.717, 1.165) is 11.1 Å². The fourth-order valence-electron chi connectivity index (χ4n) is 3.09. The normalized spacial score (nSPS) is 23.6. The zero-order valence-electron chi connectivity index (χ0n) is 13.6. The summed E-state index contributed by atoms with van der Waals surface area (Å²) in [5, 5.41) is 1.24. The lowest BCUT2D eigenvalue weighted by molar-refractivity contribution is -0.172. The maximum atomic E-state index is 12.6. The van der Waals surface area contributed by atoms with Crippen LogP contribution in [-0.4, -0.2) is 30.2 Å². The molecule has 0 aromatic heterocycles. The number of hydrogen-bond donors (Lipinski definition) is 0. The predicted molar refractivity (Wildman–Crippen MR) is 96.7 cm³/mol. The lowest BCUT2D eigenvalue weighted by Crippen LogP contribution is -2.49. The topological polar surface area (TPSA) is 46.6 Å². The van der Waals surface area contributed by atoms with Gasteiger partial charge in [0.1, 0.15) is 18.5 Å². The highest BCUT2D eigenvalue weighted by atomic mass is 35.5. The Kier molecular flexibility index (Phi) is 5.42. The van der Waals surface area contributed by atoms with Crippen molar-refractivity contribution in [2.75, 3.05) is 7.05 Å². The van der Waals surface area contributed by atoms with Crippen molar-refractivity contribution in [1.82, 2.24) is 4.90 Å². The highest BCUT2D eigenvalue weighted by Crippen LogP contribution is 2.41. The number of rotatable bonds is 4. The van der Waals surface area contributed by atoms with E-state index in [-0.39, 0.29) is 18.4 Å². The quantitative estimate of drug-likeness (QED) is 0.749. The number of carbonyl (C=O) groups is 2. The van der Waals surface area contributed by atoms with Gasteiger partial charge in [-0.3, -0.25) is 4.79 Å². The van der Waals surface area contributed by atoms with Crippen LogP contribution >= 0.6 is 23.2 Å². The minimum Gasteiger partial charge on any atom is -0.357 e. The van der Waals surface area contributed by atoms with Gasteiger partial charge in [-0.05, 0) is 35.4 Å². The molecule has 1 amide bonds. The van der Waals surface area contributed by atoms with Crippen LogP contribution in [0, 0.1) is 0 Å². The average molecular weight is 378 g/mol. The highest BCUT2D eigenvalue weighted by molar-refractivity contribution is 6.30. The van der Waals surface area contributed by atoms with E-state index in [1.807, 2.05) is 24.3 Å². The fourth-order valence-corrected chi connectivity index (χ4v) is 3.34. The number of nitrogens with zero attached hydrogens (tertiary/aromatic N) is 1. The third-order valence-corrected chi connectivity index (χ3v) is 4.86. The maximum Gasteiger partial charge on any atom is 0.252 e. The zero-order chi connectivity index (χ0) is 18.0. The largest absolute Gasteiger partial charge is 0.357 e. The van der Waals surface area contributed by atoms with E-state index >= 15 is 0 Å². The second-order valence-electron chi connectivity index (χ2n) is 5.94. The van der Waals surface area contributed by atoms with Gasteiger partial charge in [-0.15, -0.1) is 0 Å². The van der Waals surface area contributed by atoms with Crippen molar-refractivity contribution < 1.29 is 14.3 Å². The first-order valence-corrected chi connectivity index (χ1v) is 8.63. The van der Waals surface area contributed by atoms with Crippen molar-refractivity contribution in [3.63, 3.8) is 0 Å². The molecule has 1 heterocycles. The van der Waals surface area contributed by atoms with E-state index in [9.17, 15) is 9.59 Å². The Morgan fingerprint density at radius 1 is 1.00 bits per heavy atom. The number of benzene rings is 2. The Hall–Kier alpha value is -1.88. The molecule has 0 saturated carbocycles. The summed E-state index contributed by atoms with van der Waals surface area (Å²) in [5.74, 6) is -0.211. The Morgan fingerprint density at radius 2 is 1.52 bits per heavy atom. The van der Waals surface area contributed by atoms with Gasteiger partial charge in [-0.25, -0.2) is 0 Å². The van der Waals surface area contributed by atoms with Gasteiger partial charge in [-0.2, -0.15) is 0 Å². The Morgan fingerprint density at radius 3 is 2.04 bits per heavy atom. The summed E-state index contributed by atoms with van der Waals surface area (Å²) in [5.41, 5.74) is 1.80. The first-order valence-electron chi connectivity index (χ1n) is 7.88. The summed E-state index contributed by atoms with van der Waals surface area (Å²) in [6.07, 6.45) is -0.462. The number of halogens is 2. The number of morpholine rings is 1. The molecule has 2 aromatic carbocycles. The molecule has 3 atom stereocenters. The van der Waals surface area contributed by atoms with Gasteiger partial charge >= 0.3 is 0 Å². The number of amides is 1. The van der Waals surface area contributed by atoms with Gasteiger partial charge in [0, 0.05) is 23.5 Å². The van der Waals surface area contributed by atoms with Crippen LogP contribution in [0.25, 0.3) is 0 Å². The van der Waals surface area contributed by atoms with Crippen molar-refractivity contribution >= 4 is 35.4 Å². The van der Waals surface area contributed by atoms with Gasteiger partial charge in [0.15, 0.2) is 0 Å². The Labute approximate surface area is 156 Å². The molecule has 0 N–H and O–H groups in total.